The van der Waals surface area contributed by atoms with Gasteiger partial charge in [0.15, 0.2) is 11.8 Å². The lowest BCUT2D eigenvalue weighted by Crippen LogP contribution is -2.51. The predicted molar refractivity (Wildman–Crippen MR) is 124 cm³/mol. The van der Waals surface area contributed by atoms with Crippen molar-refractivity contribution in [2.45, 2.75) is 37.5 Å². The van der Waals surface area contributed by atoms with E-state index in [1.54, 1.807) is 0 Å². The molecule has 0 saturated carbocycles. The van der Waals surface area contributed by atoms with Gasteiger partial charge in [0.2, 0.25) is 0 Å². The van der Waals surface area contributed by atoms with Crippen LogP contribution in [0.15, 0.2) is 60.7 Å². The Morgan fingerprint density at radius 1 is 0.969 bits per heavy atom. The quantitative estimate of drug-likeness (QED) is 0.432. The van der Waals surface area contributed by atoms with Gasteiger partial charge in [-0.05, 0) is 57.5 Å². The first-order chi connectivity index (χ1) is 14.8. The maximum atomic E-state index is 12.3. The highest BCUT2D eigenvalue weighted by atomic mass is 35.5. The third-order valence-electron chi connectivity index (χ3n) is 5.51. The van der Waals surface area contributed by atoms with Gasteiger partial charge in [0.05, 0.1) is 5.92 Å². The molecule has 2 aromatic carbocycles. The number of carbonyl (C=O) groups is 2. The number of rotatable bonds is 13. The van der Waals surface area contributed by atoms with Gasteiger partial charge < -0.3 is 19.7 Å². The van der Waals surface area contributed by atoms with Gasteiger partial charge >= 0.3 is 11.9 Å². The number of nitrogens with zero attached hydrogens (tertiary/aromatic N) is 1. The molecule has 0 aromatic heterocycles. The first-order valence-electron chi connectivity index (χ1n) is 10.2. The van der Waals surface area contributed by atoms with E-state index in [-0.39, 0.29) is 25.2 Å². The Balaban J connectivity index is 0.00000512. The molecule has 0 amide bonds. The number of carboxylic acids is 2. The fraction of sp³-hybridized carbons (Fsp3) is 0.417. The Labute approximate surface area is 195 Å². The topological polar surface area (TPSA) is 96.3 Å². The van der Waals surface area contributed by atoms with E-state index in [2.05, 4.69) is 0 Å². The van der Waals surface area contributed by atoms with Crippen LogP contribution in [0.2, 0.25) is 0 Å². The van der Waals surface area contributed by atoms with Gasteiger partial charge in [0.25, 0.3) is 0 Å². The molecule has 176 valence electrons. The Hall–Kier alpha value is -2.61. The zero-order chi connectivity index (χ0) is 22.9. The molecule has 0 spiro atoms. The maximum Gasteiger partial charge on any atom is 0.336 e. The fourth-order valence-electron chi connectivity index (χ4n) is 3.68. The second kappa shape index (κ2) is 13.1. The van der Waals surface area contributed by atoms with E-state index in [4.69, 9.17) is 9.47 Å². The second-order valence-electron chi connectivity index (χ2n) is 7.70. The van der Waals surface area contributed by atoms with Crippen LogP contribution in [0.25, 0.3) is 0 Å². The number of aliphatic carboxylic acids is 2. The minimum Gasteiger partial charge on any atom is -0.481 e. The van der Waals surface area contributed by atoms with Crippen molar-refractivity contribution in [3.63, 3.8) is 0 Å². The number of aryl methyl sites for hydroxylation is 1. The standard InChI is InChI=1S/C24H31NO6.ClH/c1-25(2)21(31-19-12-8-5-9-13-19)15-14-20(22(26)27)24(30-3,23(28)29)17-16-18-10-6-4-7-11-18;/h4-13,20-21H,14-17H2,1-3H3,(H,26,27)(H,28,29);1H. The number of para-hydroxylation sites is 1. The monoisotopic (exact) mass is 465 g/mol. The van der Waals surface area contributed by atoms with Crippen LogP contribution in [0.1, 0.15) is 24.8 Å². The molecule has 0 heterocycles. The summed E-state index contributed by atoms with van der Waals surface area (Å²) in [6.07, 6.45) is 0.429. The molecule has 0 saturated heterocycles. The molecular weight excluding hydrogens is 434 g/mol. The van der Waals surface area contributed by atoms with Crippen molar-refractivity contribution in [3.05, 3.63) is 66.2 Å². The van der Waals surface area contributed by atoms with Gasteiger partial charge in [0.1, 0.15) is 5.75 Å². The van der Waals surface area contributed by atoms with Crippen molar-refractivity contribution in [2.75, 3.05) is 21.2 Å². The normalized spacial score (nSPS) is 14.6. The molecule has 3 atom stereocenters. The lowest BCUT2D eigenvalue weighted by atomic mass is 9.79. The Bertz CT molecular complexity index is 833. The van der Waals surface area contributed by atoms with Gasteiger partial charge in [-0.15, -0.1) is 12.4 Å². The van der Waals surface area contributed by atoms with Crippen molar-refractivity contribution >= 4 is 24.3 Å². The largest absolute Gasteiger partial charge is 0.481 e. The third kappa shape index (κ3) is 7.22. The number of halogens is 1. The number of ether oxygens (including phenoxy) is 2. The van der Waals surface area contributed by atoms with Gasteiger partial charge in [-0.25, -0.2) is 4.79 Å². The molecule has 0 fully saturated rings. The smallest absolute Gasteiger partial charge is 0.336 e. The zero-order valence-electron chi connectivity index (χ0n) is 18.6. The highest BCUT2D eigenvalue weighted by Crippen LogP contribution is 2.33. The van der Waals surface area contributed by atoms with E-state index in [1.807, 2.05) is 79.7 Å². The van der Waals surface area contributed by atoms with Gasteiger partial charge in [0, 0.05) is 7.11 Å². The van der Waals surface area contributed by atoms with Gasteiger partial charge in [-0.2, -0.15) is 0 Å². The lowest BCUT2D eigenvalue weighted by Gasteiger charge is -2.35. The Kier molecular flexibility index (Phi) is 11.2. The second-order valence-corrected chi connectivity index (χ2v) is 7.70. The summed E-state index contributed by atoms with van der Waals surface area (Å²) in [5.41, 5.74) is -0.918. The molecule has 2 rings (SSSR count). The summed E-state index contributed by atoms with van der Waals surface area (Å²) in [6, 6.07) is 18.6. The van der Waals surface area contributed by atoms with Crippen LogP contribution in [-0.4, -0.2) is 60.1 Å². The molecular formula is C24H32ClNO6. The Morgan fingerprint density at radius 2 is 1.53 bits per heavy atom. The molecule has 7 nitrogen and oxygen atoms in total. The SMILES string of the molecule is COC(CCc1ccccc1)(C(=O)O)C(CCC(Oc1ccccc1)N(C)C)C(=O)O.Cl. The highest BCUT2D eigenvalue weighted by molar-refractivity contribution is 5.86. The molecule has 3 unspecified atom stereocenters. The van der Waals surface area contributed by atoms with Crippen LogP contribution >= 0.6 is 12.4 Å². The Morgan fingerprint density at radius 3 is 2.00 bits per heavy atom. The minimum atomic E-state index is -1.84. The van der Waals surface area contributed by atoms with E-state index in [0.717, 1.165) is 5.56 Å². The van der Waals surface area contributed by atoms with Crippen LogP contribution < -0.4 is 4.74 Å². The molecule has 0 radical (unpaired) electrons. The first kappa shape index (κ1) is 27.4. The van der Waals surface area contributed by atoms with E-state index < -0.39 is 29.7 Å². The summed E-state index contributed by atoms with van der Waals surface area (Å²) in [5.74, 6) is -3.05. The predicted octanol–water partition coefficient (Wildman–Crippen LogP) is 3.96. The molecule has 2 aromatic rings. The summed E-state index contributed by atoms with van der Waals surface area (Å²) < 4.78 is 11.4. The third-order valence-corrected chi connectivity index (χ3v) is 5.51. The number of carboxylic acid groups (broad SMARTS) is 2. The molecule has 0 aliphatic heterocycles. The van der Waals surface area contributed by atoms with E-state index in [0.29, 0.717) is 18.6 Å². The molecule has 0 aliphatic carbocycles. The molecule has 32 heavy (non-hydrogen) atoms. The molecule has 0 bridgehead atoms. The number of methoxy groups -OCH3 is 1. The van der Waals surface area contributed by atoms with Gasteiger partial charge in [-0.3, -0.25) is 9.69 Å². The van der Waals surface area contributed by atoms with Gasteiger partial charge in [-0.1, -0.05) is 48.5 Å². The lowest BCUT2D eigenvalue weighted by molar-refractivity contribution is -0.181. The summed E-state index contributed by atoms with van der Waals surface area (Å²) in [4.78, 5) is 26.3. The number of hydrogen-bond acceptors (Lipinski definition) is 5. The van der Waals surface area contributed by atoms with Crippen LogP contribution in [0.3, 0.4) is 0 Å². The minimum absolute atomic E-state index is 0. The van der Waals surface area contributed by atoms with Crippen molar-refractivity contribution in [2.24, 2.45) is 5.92 Å². The van der Waals surface area contributed by atoms with Crippen LogP contribution in [0.5, 0.6) is 5.75 Å². The zero-order valence-corrected chi connectivity index (χ0v) is 19.5. The van der Waals surface area contributed by atoms with Crippen molar-refractivity contribution < 1.29 is 29.3 Å². The van der Waals surface area contributed by atoms with Crippen LogP contribution in [0.4, 0.5) is 0 Å². The molecule has 2 N–H and O–H groups in total. The van der Waals surface area contributed by atoms with E-state index in [9.17, 15) is 19.8 Å². The summed E-state index contributed by atoms with van der Waals surface area (Å²) >= 11 is 0. The summed E-state index contributed by atoms with van der Waals surface area (Å²) in [6.45, 7) is 0. The van der Waals surface area contributed by atoms with Crippen molar-refractivity contribution in [1.82, 2.24) is 4.90 Å². The first-order valence-corrected chi connectivity index (χ1v) is 10.2. The maximum absolute atomic E-state index is 12.3. The average Bonchev–Trinajstić information content (AvgIpc) is 2.76. The number of hydrogen-bond donors (Lipinski definition) is 2. The summed E-state index contributed by atoms with van der Waals surface area (Å²) in [7, 11) is 4.93. The fourth-order valence-corrected chi connectivity index (χ4v) is 3.68. The van der Waals surface area contributed by atoms with Crippen LogP contribution in [-0.2, 0) is 20.7 Å². The number of benzene rings is 2. The average molecular weight is 466 g/mol. The van der Waals surface area contributed by atoms with Crippen molar-refractivity contribution in [3.8, 4) is 5.75 Å². The van der Waals surface area contributed by atoms with Crippen LogP contribution in [0, 0.1) is 5.92 Å². The van der Waals surface area contributed by atoms with E-state index in [1.165, 1.54) is 7.11 Å². The molecule has 0 aliphatic rings. The van der Waals surface area contributed by atoms with Crippen molar-refractivity contribution in [1.29, 1.82) is 0 Å². The summed E-state index contributed by atoms with van der Waals surface area (Å²) in [5, 5.41) is 19.9. The highest BCUT2D eigenvalue weighted by Gasteiger charge is 2.50. The van der Waals surface area contributed by atoms with E-state index >= 15 is 0 Å². The molecule has 8 heteroatoms.